The van der Waals surface area contributed by atoms with E-state index in [0.717, 1.165) is 23.9 Å². The summed E-state index contributed by atoms with van der Waals surface area (Å²) in [5.74, 6) is -0.157. The number of hydrogen-bond donors (Lipinski definition) is 2. The third kappa shape index (κ3) is 2.20. The molecular formula is C14H17FN2. The first-order valence-electron chi connectivity index (χ1n) is 6.32. The Labute approximate surface area is 100 Å². The second kappa shape index (κ2) is 4.49. The Bertz CT molecular complexity index is 512. The zero-order valence-electron chi connectivity index (χ0n) is 9.80. The third-order valence-electron chi connectivity index (χ3n) is 3.61. The third-order valence-corrected chi connectivity index (χ3v) is 3.61. The summed E-state index contributed by atoms with van der Waals surface area (Å²) in [4.78, 5) is 3.21. The van der Waals surface area contributed by atoms with Crippen LogP contribution < -0.4 is 5.32 Å². The van der Waals surface area contributed by atoms with Gasteiger partial charge in [-0.15, -0.1) is 0 Å². The Hall–Kier alpha value is -1.35. The van der Waals surface area contributed by atoms with Crippen molar-refractivity contribution < 1.29 is 4.39 Å². The van der Waals surface area contributed by atoms with Gasteiger partial charge in [0.25, 0.3) is 0 Å². The Morgan fingerprint density at radius 3 is 3.06 bits per heavy atom. The summed E-state index contributed by atoms with van der Waals surface area (Å²) in [6.07, 6.45) is 6.80. The van der Waals surface area contributed by atoms with Crippen LogP contribution >= 0.6 is 0 Å². The monoisotopic (exact) mass is 232 g/mol. The van der Waals surface area contributed by atoms with Crippen molar-refractivity contribution in [2.75, 3.05) is 6.54 Å². The maximum atomic E-state index is 13.2. The summed E-state index contributed by atoms with van der Waals surface area (Å²) >= 11 is 0. The number of benzene rings is 1. The molecule has 0 saturated carbocycles. The number of nitrogens with one attached hydrogen (secondary N) is 2. The average molecular weight is 232 g/mol. The van der Waals surface area contributed by atoms with Gasteiger partial charge in [0, 0.05) is 23.1 Å². The summed E-state index contributed by atoms with van der Waals surface area (Å²) in [7, 11) is 0. The van der Waals surface area contributed by atoms with Crippen LogP contribution in [0.25, 0.3) is 10.9 Å². The van der Waals surface area contributed by atoms with E-state index in [0.29, 0.717) is 6.04 Å². The minimum absolute atomic E-state index is 0.157. The number of halogens is 1. The minimum Gasteiger partial charge on any atom is -0.361 e. The highest BCUT2D eigenvalue weighted by molar-refractivity contribution is 5.83. The molecule has 0 radical (unpaired) electrons. The molecule has 0 spiro atoms. The van der Waals surface area contributed by atoms with Gasteiger partial charge in [-0.3, -0.25) is 0 Å². The Balaban J connectivity index is 1.86. The van der Waals surface area contributed by atoms with Crippen LogP contribution in [0, 0.1) is 5.82 Å². The van der Waals surface area contributed by atoms with Gasteiger partial charge in [0.1, 0.15) is 5.82 Å². The lowest BCUT2D eigenvalue weighted by atomic mass is 9.97. The molecule has 90 valence electrons. The van der Waals surface area contributed by atoms with Crippen LogP contribution in [0.4, 0.5) is 4.39 Å². The van der Waals surface area contributed by atoms with Gasteiger partial charge in [-0.2, -0.15) is 0 Å². The highest BCUT2D eigenvalue weighted by Crippen LogP contribution is 2.22. The Kier molecular flexibility index (Phi) is 2.85. The van der Waals surface area contributed by atoms with E-state index in [-0.39, 0.29) is 5.82 Å². The molecule has 1 fully saturated rings. The van der Waals surface area contributed by atoms with Crippen LogP contribution in [0.1, 0.15) is 24.8 Å². The predicted molar refractivity (Wildman–Crippen MR) is 67.6 cm³/mol. The standard InChI is InChI=1S/C14H17FN2/c15-11-4-5-14-13(8-11)10(9-17-14)7-12-3-1-2-6-16-12/h4-5,8-9,12,16-17H,1-3,6-7H2. The largest absolute Gasteiger partial charge is 0.361 e. The van der Waals surface area contributed by atoms with E-state index < -0.39 is 0 Å². The quantitative estimate of drug-likeness (QED) is 0.818. The van der Waals surface area contributed by atoms with Crippen LogP contribution in [0.2, 0.25) is 0 Å². The van der Waals surface area contributed by atoms with Crippen LogP contribution in [0.15, 0.2) is 24.4 Å². The van der Waals surface area contributed by atoms with Crippen LogP contribution in [-0.2, 0) is 6.42 Å². The first kappa shape index (κ1) is 10.8. The highest BCUT2D eigenvalue weighted by atomic mass is 19.1. The summed E-state index contributed by atoms with van der Waals surface area (Å²) < 4.78 is 13.2. The highest BCUT2D eigenvalue weighted by Gasteiger charge is 2.15. The number of hydrogen-bond acceptors (Lipinski definition) is 1. The molecule has 1 unspecified atom stereocenters. The Morgan fingerprint density at radius 1 is 1.29 bits per heavy atom. The fraction of sp³-hybridized carbons (Fsp3) is 0.429. The van der Waals surface area contributed by atoms with E-state index in [4.69, 9.17) is 0 Å². The number of rotatable bonds is 2. The number of piperidine rings is 1. The average Bonchev–Trinajstić information content (AvgIpc) is 2.73. The molecule has 0 bridgehead atoms. The van der Waals surface area contributed by atoms with Crippen molar-refractivity contribution >= 4 is 10.9 Å². The SMILES string of the molecule is Fc1ccc2[nH]cc(CC3CCCCN3)c2c1. The van der Waals surface area contributed by atoms with E-state index in [1.165, 1.54) is 30.9 Å². The molecule has 1 aliphatic rings. The number of aromatic nitrogens is 1. The van der Waals surface area contributed by atoms with Crippen LogP contribution in [0.3, 0.4) is 0 Å². The summed E-state index contributed by atoms with van der Waals surface area (Å²) in [6, 6.07) is 5.49. The van der Waals surface area contributed by atoms with Crippen LogP contribution in [-0.4, -0.2) is 17.6 Å². The second-order valence-electron chi connectivity index (χ2n) is 4.85. The zero-order valence-corrected chi connectivity index (χ0v) is 9.80. The molecule has 1 atom stereocenters. The molecule has 1 aromatic carbocycles. The van der Waals surface area contributed by atoms with Gasteiger partial charge >= 0.3 is 0 Å². The van der Waals surface area contributed by atoms with Crippen molar-refractivity contribution in [3.05, 3.63) is 35.8 Å². The molecule has 3 heteroatoms. The molecule has 0 amide bonds. The molecule has 2 aromatic rings. The minimum atomic E-state index is -0.157. The molecule has 1 aliphatic heterocycles. The van der Waals surface area contributed by atoms with Gasteiger partial charge in [0.15, 0.2) is 0 Å². The fourth-order valence-electron chi connectivity index (χ4n) is 2.68. The maximum absolute atomic E-state index is 13.2. The number of aromatic amines is 1. The van der Waals surface area contributed by atoms with Gasteiger partial charge in [-0.05, 0) is 49.6 Å². The van der Waals surface area contributed by atoms with E-state index in [1.807, 2.05) is 12.3 Å². The van der Waals surface area contributed by atoms with Gasteiger partial charge in [0.2, 0.25) is 0 Å². The molecule has 0 aliphatic carbocycles. The topological polar surface area (TPSA) is 27.8 Å². The van der Waals surface area contributed by atoms with E-state index >= 15 is 0 Å². The van der Waals surface area contributed by atoms with E-state index in [1.54, 1.807) is 6.07 Å². The molecule has 2 nitrogen and oxygen atoms in total. The summed E-state index contributed by atoms with van der Waals surface area (Å²) in [5, 5.41) is 4.55. The van der Waals surface area contributed by atoms with Crippen molar-refractivity contribution in [2.45, 2.75) is 31.7 Å². The van der Waals surface area contributed by atoms with Crippen molar-refractivity contribution in [2.24, 2.45) is 0 Å². The van der Waals surface area contributed by atoms with Gasteiger partial charge in [-0.25, -0.2) is 4.39 Å². The molecule has 2 N–H and O–H groups in total. The van der Waals surface area contributed by atoms with Crippen molar-refractivity contribution in [3.63, 3.8) is 0 Å². The molecule has 2 heterocycles. The smallest absolute Gasteiger partial charge is 0.123 e. The summed E-state index contributed by atoms with van der Waals surface area (Å²) in [5.41, 5.74) is 2.25. The van der Waals surface area contributed by atoms with Crippen molar-refractivity contribution in [1.29, 1.82) is 0 Å². The normalized spacial score (nSPS) is 20.9. The van der Waals surface area contributed by atoms with Gasteiger partial charge < -0.3 is 10.3 Å². The lowest BCUT2D eigenvalue weighted by Gasteiger charge is -2.23. The zero-order chi connectivity index (χ0) is 11.7. The summed E-state index contributed by atoms with van der Waals surface area (Å²) in [6.45, 7) is 1.11. The molecule has 3 rings (SSSR count). The number of H-pyrrole nitrogens is 1. The van der Waals surface area contributed by atoms with Crippen molar-refractivity contribution in [3.8, 4) is 0 Å². The molecule has 17 heavy (non-hydrogen) atoms. The first-order valence-corrected chi connectivity index (χ1v) is 6.32. The molecule has 1 aromatic heterocycles. The molecule has 1 saturated heterocycles. The van der Waals surface area contributed by atoms with Gasteiger partial charge in [0.05, 0.1) is 0 Å². The maximum Gasteiger partial charge on any atom is 0.123 e. The lowest BCUT2D eigenvalue weighted by Crippen LogP contribution is -2.35. The molecular weight excluding hydrogens is 215 g/mol. The van der Waals surface area contributed by atoms with Crippen LogP contribution in [0.5, 0.6) is 0 Å². The predicted octanol–water partition coefficient (Wildman–Crippen LogP) is 2.99. The Morgan fingerprint density at radius 2 is 2.24 bits per heavy atom. The fourth-order valence-corrected chi connectivity index (χ4v) is 2.68. The van der Waals surface area contributed by atoms with E-state index in [2.05, 4.69) is 10.3 Å². The van der Waals surface area contributed by atoms with E-state index in [9.17, 15) is 4.39 Å². The first-order chi connectivity index (χ1) is 8.33. The second-order valence-corrected chi connectivity index (χ2v) is 4.85. The lowest BCUT2D eigenvalue weighted by molar-refractivity contribution is 0.400. The van der Waals surface area contributed by atoms with Gasteiger partial charge in [-0.1, -0.05) is 6.42 Å². The van der Waals surface area contributed by atoms with Crippen molar-refractivity contribution in [1.82, 2.24) is 10.3 Å². The number of fused-ring (bicyclic) bond motifs is 1.